The van der Waals surface area contributed by atoms with E-state index in [-0.39, 0.29) is 33.9 Å². The molecule has 0 spiro atoms. The molecule has 0 fully saturated rings. The minimum atomic E-state index is -4.76. The summed E-state index contributed by atoms with van der Waals surface area (Å²) in [6.45, 7) is 2.03. The summed E-state index contributed by atoms with van der Waals surface area (Å²) < 4.78 is 86.8. The summed E-state index contributed by atoms with van der Waals surface area (Å²) in [6.07, 6.45) is -3.20. The molecule has 0 bridgehead atoms. The van der Waals surface area contributed by atoms with E-state index in [0.717, 1.165) is 21.1 Å². The summed E-state index contributed by atoms with van der Waals surface area (Å²) in [5.41, 5.74) is 0.672. The third-order valence-corrected chi connectivity index (χ3v) is 5.45. The summed E-state index contributed by atoms with van der Waals surface area (Å²) in [4.78, 5) is 0. The van der Waals surface area contributed by atoms with E-state index >= 15 is 8.63 Å². The zero-order chi connectivity index (χ0) is 21.5. The first kappa shape index (κ1) is 19.6. The standard InChI is InChI=1S/C20H17BF6N2/c1-10-5-12(3)28-18(10)17(14-7-15(20(23,24)25)9-16(22)8-14)19-11(2)6-13(4)29(19)21(28,26)27/h5-9H,1-4H3. The molecule has 2 aliphatic rings. The lowest BCUT2D eigenvalue weighted by molar-refractivity contribution is -0.363. The average molecular weight is 410 g/mol. The topological polar surface area (TPSA) is 7.94 Å². The third kappa shape index (κ3) is 2.70. The van der Waals surface area contributed by atoms with Gasteiger partial charge in [-0.15, -0.1) is 0 Å². The molecule has 0 radical (unpaired) electrons. The van der Waals surface area contributed by atoms with Crippen molar-refractivity contribution in [2.24, 2.45) is 0 Å². The normalized spacial score (nSPS) is 18.2. The summed E-state index contributed by atoms with van der Waals surface area (Å²) in [5, 5.41) is 0. The number of rotatable bonds is 1. The summed E-state index contributed by atoms with van der Waals surface area (Å²) >= 11 is 0. The van der Waals surface area contributed by atoms with E-state index in [4.69, 9.17) is 0 Å². The fraction of sp³-hybridized carbons (Fsp3) is 0.250. The number of fused-ring (bicyclic) bond motifs is 2. The van der Waals surface area contributed by atoms with Gasteiger partial charge in [0.15, 0.2) is 5.70 Å². The van der Waals surface area contributed by atoms with Crippen molar-refractivity contribution < 1.29 is 30.7 Å². The molecule has 2 aliphatic heterocycles. The smallest absolute Gasteiger partial charge is 0.393 e. The van der Waals surface area contributed by atoms with Gasteiger partial charge in [-0.05, 0) is 61.9 Å². The van der Waals surface area contributed by atoms with Gasteiger partial charge in [-0.2, -0.15) is 13.2 Å². The zero-order valence-electron chi connectivity index (χ0n) is 16.1. The second-order valence-corrected chi connectivity index (χ2v) is 7.56. The lowest BCUT2D eigenvalue weighted by atomic mass is 9.83. The maximum Gasteiger partial charge on any atom is 0.737 e. The second kappa shape index (κ2) is 5.90. The Morgan fingerprint density at radius 1 is 0.966 bits per heavy atom. The average Bonchev–Trinajstić information content (AvgIpc) is 3.04. The number of aryl methyl sites for hydroxylation is 2. The highest BCUT2D eigenvalue weighted by Crippen LogP contribution is 2.45. The first-order chi connectivity index (χ1) is 13.3. The van der Waals surface area contributed by atoms with E-state index in [9.17, 15) is 17.6 Å². The van der Waals surface area contributed by atoms with Gasteiger partial charge in [0.05, 0.1) is 11.1 Å². The number of aromatic nitrogens is 1. The molecule has 9 heteroatoms. The Hall–Kier alpha value is -2.71. The third-order valence-electron chi connectivity index (χ3n) is 5.45. The quantitative estimate of drug-likeness (QED) is 0.422. The molecule has 0 amide bonds. The van der Waals surface area contributed by atoms with Crippen LogP contribution in [0.5, 0.6) is 0 Å². The molecule has 0 N–H and O–H groups in total. The van der Waals surface area contributed by atoms with Crippen LogP contribution in [0.2, 0.25) is 0 Å². The van der Waals surface area contributed by atoms with E-state index in [2.05, 4.69) is 0 Å². The first-order valence-electron chi connectivity index (χ1n) is 8.99. The van der Waals surface area contributed by atoms with E-state index in [1.165, 1.54) is 13.8 Å². The van der Waals surface area contributed by atoms with Crippen molar-refractivity contribution in [3.05, 3.63) is 75.5 Å². The Bertz CT molecular complexity index is 1160. The number of hydrogen-bond acceptors (Lipinski definition) is 0. The molecule has 1 aromatic heterocycles. The Balaban J connectivity index is 2.16. The maximum absolute atomic E-state index is 15.5. The van der Waals surface area contributed by atoms with Gasteiger partial charge >= 0.3 is 13.1 Å². The van der Waals surface area contributed by atoms with Crippen LogP contribution in [0.1, 0.15) is 41.9 Å². The number of halogens is 6. The summed E-state index contributed by atoms with van der Waals surface area (Å²) in [6, 6.07) is 3.73. The molecule has 0 saturated heterocycles. The highest BCUT2D eigenvalue weighted by Gasteiger charge is 2.55. The minimum absolute atomic E-state index is 0.0893. The van der Waals surface area contributed by atoms with Crippen LogP contribution in [0, 0.1) is 19.7 Å². The molecular weight excluding hydrogens is 393 g/mol. The van der Waals surface area contributed by atoms with Crippen molar-refractivity contribution in [2.45, 2.75) is 33.9 Å². The van der Waals surface area contributed by atoms with Crippen molar-refractivity contribution in [1.82, 2.24) is 4.48 Å². The number of nitrogens with zero attached hydrogens (tertiary/aromatic N) is 2. The number of alkyl halides is 3. The lowest BCUT2D eigenvalue weighted by Gasteiger charge is -2.34. The van der Waals surface area contributed by atoms with E-state index < -0.39 is 24.5 Å². The zero-order valence-corrected chi connectivity index (χ0v) is 16.1. The van der Waals surface area contributed by atoms with Gasteiger partial charge in [-0.3, -0.25) is 0 Å². The Kier molecular flexibility index (Phi) is 3.99. The van der Waals surface area contributed by atoms with Gasteiger partial charge in [0.2, 0.25) is 0 Å². The van der Waals surface area contributed by atoms with E-state index in [1.54, 1.807) is 26.0 Å². The highest BCUT2D eigenvalue weighted by molar-refractivity contribution is 6.58. The predicted molar refractivity (Wildman–Crippen MR) is 99.4 cm³/mol. The van der Waals surface area contributed by atoms with Crippen LogP contribution in [0.4, 0.5) is 26.2 Å². The van der Waals surface area contributed by atoms with Crippen LogP contribution in [-0.4, -0.2) is 21.6 Å². The lowest BCUT2D eigenvalue weighted by Crippen LogP contribution is -2.51. The van der Waals surface area contributed by atoms with Crippen molar-refractivity contribution in [3.8, 4) is 0 Å². The molecular formula is C20H17BF6N2. The molecule has 2 nitrogen and oxygen atoms in total. The highest BCUT2D eigenvalue weighted by atomic mass is 19.4. The van der Waals surface area contributed by atoms with Gasteiger partial charge in [0.25, 0.3) is 0 Å². The van der Waals surface area contributed by atoms with Gasteiger partial charge in [0.1, 0.15) is 11.5 Å². The SMILES string of the molecule is CC1=CC(C)=[N+]2C1=C(c1cc(F)cc(C(F)(F)F)c1)c1c(C)cc(C)n1[B-]2(F)F. The van der Waals surface area contributed by atoms with Gasteiger partial charge < -0.3 is 17.6 Å². The molecule has 152 valence electrons. The molecule has 29 heavy (non-hydrogen) atoms. The van der Waals surface area contributed by atoms with Crippen molar-refractivity contribution >= 4 is 18.3 Å². The minimum Gasteiger partial charge on any atom is -0.393 e. The van der Waals surface area contributed by atoms with Crippen LogP contribution in [0.25, 0.3) is 5.57 Å². The Morgan fingerprint density at radius 3 is 2.24 bits per heavy atom. The van der Waals surface area contributed by atoms with Crippen molar-refractivity contribution in [3.63, 3.8) is 0 Å². The summed E-state index contributed by atoms with van der Waals surface area (Å²) in [7, 11) is 0. The van der Waals surface area contributed by atoms with Crippen LogP contribution in [-0.2, 0) is 6.18 Å². The number of hydrogen-bond donors (Lipinski definition) is 0. The maximum atomic E-state index is 15.5. The first-order valence-corrected chi connectivity index (χ1v) is 8.99. The monoisotopic (exact) mass is 410 g/mol. The molecule has 0 unspecified atom stereocenters. The Morgan fingerprint density at radius 2 is 1.62 bits per heavy atom. The van der Waals surface area contributed by atoms with Crippen molar-refractivity contribution in [2.75, 3.05) is 0 Å². The van der Waals surface area contributed by atoms with E-state index in [1.807, 2.05) is 0 Å². The van der Waals surface area contributed by atoms with Crippen molar-refractivity contribution in [1.29, 1.82) is 0 Å². The molecule has 2 aromatic rings. The molecule has 3 heterocycles. The Labute approximate surface area is 163 Å². The molecule has 4 rings (SSSR count). The molecule has 0 aliphatic carbocycles. The van der Waals surface area contributed by atoms with Crippen LogP contribution in [0.3, 0.4) is 0 Å². The summed E-state index contributed by atoms with van der Waals surface area (Å²) in [5.74, 6) is -1.08. The molecule has 0 saturated carbocycles. The van der Waals surface area contributed by atoms with Crippen LogP contribution >= 0.6 is 0 Å². The fourth-order valence-corrected chi connectivity index (χ4v) is 4.47. The van der Waals surface area contributed by atoms with Crippen LogP contribution in [0.15, 0.2) is 41.6 Å². The number of allylic oxidation sites excluding steroid dienone is 2. The fourth-order valence-electron chi connectivity index (χ4n) is 4.47. The molecule has 0 atom stereocenters. The van der Waals surface area contributed by atoms with E-state index in [0.29, 0.717) is 17.2 Å². The van der Waals surface area contributed by atoms with Gasteiger partial charge in [-0.25, -0.2) is 4.39 Å². The second-order valence-electron chi connectivity index (χ2n) is 7.56. The molecule has 1 aromatic carbocycles. The predicted octanol–water partition coefficient (Wildman–Crippen LogP) is 5.69. The largest absolute Gasteiger partial charge is 0.737 e. The van der Waals surface area contributed by atoms with Crippen LogP contribution < -0.4 is 0 Å². The van der Waals surface area contributed by atoms with Gasteiger partial charge in [0, 0.05) is 24.3 Å². The van der Waals surface area contributed by atoms with Gasteiger partial charge in [-0.1, -0.05) is 0 Å². The number of benzene rings is 1.